The Morgan fingerprint density at radius 1 is 1.17 bits per heavy atom. The minimum atomic E-state index is -0.421. The van der Waals surface area contributed by atoms with Crippen LogP contribution in [0.4, 0.5) is 5.69 Å². The number of para-hydroxylation sites is 1. The highest BCUT2D eigenvalue weighted by atomic mass is 35.5. The first kappa shape index (κ1) is 15.3. The summed E-state index contributed by atoms with van der Waals surface area (Å²) in [5.74, 6) is 0.0702. The fourth-order valence-corrected chi connectivity index (χ4v) is 3.84. The lowest BCUT2D eigenvalue weighted by Crippen LogP contribution is -2.28. The fraction of sp³-hybridized carbons (Fsp3) is 0.250. The zero-order valence-electron chi connectivity index (χ0n) is 13.7. The standard InChI is InChI=1S/C20H19ClN2O/c1-12-11-14(21)7-8-16(12)23-19(24)20(9-10-20)18-13(2)22-17-6-4-3-5-15(17)18/h3-8,11,22H,9-10H2,1-2H3,(H,23,24). The van der Waals surface area contributed by atoms with E-state index in [1.54, 1.807) is 6.07 Å². The van der Waals surface area contributed by atoms with E-state index in [-0.39, 0.29) is 5.91 Å². The molecule has 122 valence electrons. The average Bonchev–Trinajstić information content (AvgIpc) is 3.27. The van der Waals surface area contributed by atoms with E-state index in [1.165, 1.54) is 0 Å². The second kappa shape index (κ2) is 5.38. The molecule has 1 aromatic heterocycles. The van der Waals surface area contributed by atoms with Gasteiger partial charge in [0.05, 0.1) is 5.41 Å². The summed E-state index contributed by atoms with van der Waals surface area (Å²) < 4.78 is 0. The van der Waals surface area contributed by atoms with Crippen LogP contribution >= 0.6 is 11.6 Å². The van der Waals surface area contributed by atoms with E-state index >= 15 is 0 Å². The third kappa shape index (κ3) is 2.31. The fourth-order valence-electron chi connectivity index (χ4n) is 3.62. The second-order valence-corrected chi connectivity index (χ2v) is 7.10. The van der Waals surface area contributed by atoms with E-state index in [1.807, 2.05) is 31.2 Å². The van der Waals surface area contributed by atoms with Crippen LogP contribution in [0.25, 0.3) is 10.9 Å². The van der Waals surface area contributed by atoms with Crippen LogP contribution in [0.2, 0.25) is 5.02 Å². The first-order chi connectivity index (χ1) is 11.5. The monoisotopic (exact) mass is 338 g/mol. The number of benzene rings is 2. The largest absolute Gasteiger partial charge is 0.358 e. The van der Waals surface area contributed by atoms with Gasteiger partial charge in [-0.05, 0) is 62.1 Å². The lowest BCUT2D eigenvalue weighted by atomic mass is 9.92. The molecule has 2 N–H and O–H groups in total. The Bertz CT molecular complexity index is 953. The zero-order valence-corrected chi connectivity index (χ0v) is 14.5. The Labute approximate surface area is 146 Å². The van der Waals surface area contributed by atoms with E-state index in [9.17, 15) is 4.79 Å². The van der Waals surface area contributed by atoms with Crippen molar-refractivity contribution >= 4 is 34.1 Å². The van der Waals surface area contributed by atoms with Gasteiger partial charge in [0.2, 0.25) is 5.91 Å². The Morgan fingerprint density at radius 3 is 2.62 bits per heavy atom. The number of nitrogens with one attached hydrogen (secondary N) is 2. The summed E-state index contributed by atoms with van der Waals surface area (Å²) in [6.45, 7) is 4.01. The van der Waals surface area contributed by atoms with Gasteiger partial charge in [-0.1, -0.05) is 29.8 Å². The molecule has 24 heavy (non-hydrogen) atoms. The Morgan fingerprint density at radius 2 is 1.92 bits per heavy atom. The van der Waals surface area contributed by atoms with Crippen LogP contribution in [-0.2, 0) is 10.2 Å². The highest BCUT2D eigenvalue weighted by Crippen LogP contribution is 2.52. The van der Waals surface area contributed by atoms with Gasteiger partial charge in [-0.2, -0.15) is 0 Å². The van der Waals surface area contributed by atoms with Gasteiger partial charge in [-0.15, -0.1) is 0 Å². The van der Waals surface area contributed by atoms with Crippen molar-refractivity contribution in [3.8, 4) is 0 Å². The van der Waals surface area contributed by atoms with Gasteiger partial charge in [0.25, 0.3) is 0 Å². The molecule has 3 nitrogen and oxygen atoms in total. The zero-order chi connectivity index (χ0) is 16.9. The predicted octanol–water partition coefficient (Wildman–Crippen LogP) is 5.11. The Hall–Kier alpha value is -2.26. The number of hydrogen-bond donors (Lipinski definition) is 2. The number of carbonyl (C=O) groups excluding carboxylic acids is 1. The summed E-state index contributed by atoms with van der Waals surface area (Å²) in [6.07, 6.45) is 1.77. The van der Waals surface area contributed by atoms with E-state index in [4.69, 9.17) is 11.6 Å². The molecule has 3 aromatic rings. The third-order valence-electron chi connectivity index (χ3n) is 4.99. The van der Waals surface area contributed by atoms with E-state index in [0.717, 1.165) is 46.3 Å². The third-order valence-corrected chi connectivity index (χ3v) is 5.23. The molecule has 0 unspecified atom stereocenters. The maximum atomic E-state index is 13.1. The van der Waals surface area contributed by atoms with Gasteiger partial charge in [0, 0.05) is 27.3 Å². The molecular weight excluding hydrogens is 320 g/mol. The van der Waals surface area contributed by atoms with Crippen molar-refractivity contribution in [2.75, 3.05) is 5.32 Å². The number of carbonyl (C=O) groups is 1. The topological polar surface area (TPSA) is 44.9 Å². The number of H-pyrrole nitrogens is 1. The summed E-state index contributed by atoms with van der Waals surface area (Å²) >= 11 is 6.01. The summed E-state index contributed by atoms with van der Waals surface area (Å²) in [4.78, 5) is 16.5. The normalized spacial score (nSPS) is 15.5. The maximum absolute atomic E-state index is 13.1. The van der Waals surface area contributed by atoms with E-state index in [2.05, 4.69) is 29.4 Å². The number of aromatic amines is 1. The molecule has 1 aliphatic rings. The first-order valence-corrected chi connectivity index (χ1v) is 8.54. The van der Waals surface area contributed by atoms with Gasteiger partial charge in [-0.25, -0.2) is 0 Å². The van der Waals surface area contributed by atoms with Crippen molar-refractivity contribution in [1.29, 1.82) is 0 Å². The Kier molecular flexibility index (Phi) is 3.43. The van der Waals surface area contributed by atoms with Crippen LogP contribution < -0.4 is 5.32 Å². The van der Waals surface area contributed by atoms with Crippen LogP contribution in [0, 0.1) is 13.8 Å². The molecule has 1 heterocycles. The molecule has 2 aromatic carbocycles. The molecule has 1 saturated carbocycles. The van der Waals surface area contributed by atoms with E-state index < -0.39 is 5.41 Å². The van der Waals surface area contributed by atoms with Crippen LogP contribution in [0.1, 0.15) is 29.7 Å². The van der Waals surface area contributed by atoms with Crippen molar-refractivity contribution in [3.63, 3.8) is 0 Å². The average molecular weight is 339 g/mol. The SMILES string of the molecule is Cc1cc(Cl)ccc1NC(=O)C1(c2c(C)[nH]c3ccccc23)CC1. The summed E-state index contributed by atoms with van der Waals surface area (Å²) in [5.41, 5.74) is 4.69. The van der Waals surface area contributed by atoms with Crippen molar-refractivity contribution < 1.29 is 4.79 Å². The molecule has 1 fully saturated rings. The molecule has 0 atom stereocenters. The van der Waals surface area contributed by atoms with Crippen molar-refractivity contribution in [3.05, 3.63) is 64.3 Å². The molecule has 0 spiro atoms. The number of fused-ring (bicyclic) bond motifs is 1. The number of amides is 1. The number of halogens is 1. The molecule has 0 radical (unpaired) electrons. The number of rotatable bonds is 3. The lowest BCUT2D eigenvalue weighted by molar-refractivity contribution is -0.118. The predicted molar refractivity (Wildman–Crippen MR) is 98.8 cm³/mol. The Balaban J connectivity index is 1.72. The molecule has 0 saturated heterocycles. The maximum Gasteiger partial charge on any atom is 0.235 e. The highest BCUT2D eigenvalue weighted by Gasteiger charge is 2.53. The molecule has 0 bridgehead atoms. The number of anilines is 1. The smallest absolute Gasteiger partial charge is 0.235 e. The van der Waals surface area contributed by atoms with Crippen LogP contribution in [0.3, 0.4) is 0 Å². The number of aromatic nitrogens is 1. The van der Waals surface area contributed by atoms with Gasteiger partial charge in [0.1, 0.15) is 0 Å². The van der Waals surface area contributed by atoms with Crippen molar-refractivity contribution in [2.24, 2.45) is 0 Å². The molecule has 4 rings (SSSR count). The second-order valence-electron chi connectivity index (χ2n) is 6.67. The molecule has 1 amide bonds. The number of aryl methyl sites for hydroxylation is 2. The quantitative estimate of drug-likeness (QED) is 0.685. The van der Waals surface area contributed by atoms with Crippen LogP contribution in [-0.4, -0.2) is 10.9 Å². The molecular formula is C20H19ClN2O. The van der Waals surface area contributed by atoms with Crippen molar-refractivity contribution in [1.82, 2.24) is 4.98 Å². The van der Waals surface area contributed by atoms with Crippen LogP contribution in [0.15, 0.2) is 42.5 Å². The lowest BCUT2D eigenvalue weighted by Gasteiger charge is -2.17. The minimum absolute atomic E-state index is 0.0702. The van der Waals surface area contributed by atoms with Gasteiger partial charge < -0.3 is 10.3 Å². The van der Waals surface area contributed by atoms with Crippen LogP contribution in [0.5, 0.6) is 0 Å². The molecule has 4 heteroatoms. The summed E-state index contributed by atoms with van der Waals surface area (Å²) in [5, 5.41) is 4.94. The minimum Gasteiger partial charge on any atom is -0.358 e. The van der Waals surface area contributed by atoms with E-state index in [0.29, 0.717) is 5.02 Å². The van der Waals surface area contributed by atoms with Gasteiger partial charge >= 0.3 is 0 Å². The highest BCUT2D eigenvalue weighted by molar-refractivity contribution is 6.30. The molecule has 1 aliphatic carbocycles. The van der Waals surface area contributed by atoms with Crippen molar-refractivity contribution in [2.45, 2.75) is 32.1 Å². The molecule has 0 aliphatic heterocycles. The first-order valence-electron chi connectivity index (χ1n) is 8.17. The number of hydrogen-bond acceptors (Lipinski definition) is 1. The summed E-state index contributed by atoms with van der Waals surface area (Å²) in [6, 6.07) is 13.7. The van der Waals surface area contributed by atoms with Gasteiger partial charge in [0.15, 0.2) is 0 Å². The summed E-state index contributed by atoms with van der Waals surface area (Å²) in [7, 11) is 0. The van der Waals surface area contributed by atoms with Gasteiger partial charge in [-0.3, -0.25) is 4.79 Å².